The number of ether oxygens (including phenoxy) is 1. The van der Waals surface area contributed by atoms with Gasteiger partial charge in [-0.3, -0.25) is 9.59 Å². The molecule has 0 bridgehead atoms. The van der Waals surface area contributed by atoms with Crippen LogP contribution in [0.4, 0.5) is 17.2 Å². The number of aryl methyl sites for hydroxylation is 2. The van der Waals surface area contributed by atoms with Crippen molar-refractivity contribution in [2.24, 2.45) is 5.92 Å². The molecule has 9 nitrogen and oxygen atoms in total. The van der Waals surface area contributed by atoms with Crippen LogP contribution in [0.15, 0.2) is 30.5 Å². The Bertz CT molecular complexity index is 1060. The zero-order chi connectivity index (χ0) is 23.7. The van der Waals surface area contributed by atoms with Gasteiger partial charge >= 0.3 is 0 Å². The van der Waals surface area contributed by atoms with Crippen LogP contribution in [0.5, 0.6) is 0 Å². The minimum absolute atomic E-state index is 0.0266. The van der Waals surface area contributed by atoms with Crippen LogP contribution in [-0.4, -0.2) is 85.9 Å². The normalized spacial score (nSPS) is 21.4. The molecule has 180 valence electrons. The summed E-state index contributed by atoms with van der Waals surface area (Å²) in [7, 11) is 0. The summed E-state index contributed by atoms with van der Waals surface area (Å²) in [6.07, 6.45) is 2.07. The number of carbonyl (C=O) groups is 2. The van der Waals surface area contributed by atoms with Gasteiger partial charge < -0.3 is 24.3 Å². The van der Waals surface area contributed by atoms with E-state index in [0.29, 0.717) is 32.8 Å². The first kappa shape index (κ1) is 22.6. The number of hydrogen-bond acceptors (Lipinski definition) is 7. The van der Waals surface area contributed by atoms with Gasteiger partial charge in [-0.2, -0.15) is 5.10 Å². The van der Waals surface area contributed by atoms with E-state index in [-0.39, 0.29) is 24.2 Å². The van der Waals surface area contributed by atoms with Gasteiger partial charge in [-0.1, -0.05) is 6.07 Å². The average molecular weight is 465 g/mol. The van der Waals surface area contributed by atoms with Gasteiger partial charge in [-0.25, -0.2) is 0 Å². The highest BCUT2D eigenvalue weighted by Gasteiger charge is 2.38. The SMILES string of the molecule is Cc1ccc(N2CC(C(=O)N3CCN(c4cnnc(N5CCOCC5)c4)CC3)CC2=O)cc1C. The van der Waals surface area contributed by atoms with E-state index < -0.39 is 0 Å². The van der Waals surface area contributed by atoms with Gasteiger partial charge in [0.2, 0.25) is 11.8 Å². The second-order valence-corrected chi connectivity index (χ2v) is 9.36. The predicted molar refractivity (Wildman–Crippen MR) is 130 cm³/mol. The van der Waals surface area contributed by atoms with Crippen molar-refractivity contribution in [3.05, 3.63) is 41.6 Å². The Labute approximate surface area is 200 Å². The molecule has 1 aromatic heterocycles. The highest BCUT2D eigenvalue weighted by molar-refractivity contribution is 6.00. The van der Waals surface area contributed by atoms with Crippen molar-refractivity contribution in [3.8, 4) is 0 Å². The van der Waals surface area contributed by atoms with Crippen molar-refractivity contribution in [3.63, 3.8) is 0 Å². The number of amides is 2. The van der Waals surface area contributed by atoms with E-state index in [4.69, 9.17) is 4.74 Å². The molecular formula is C25H32N6O3. The Morgan fingerprint density at radius 1 is 0.941 bits per heavy atom. The monoisotopic (exact) mass is 464 g/mol. The summed E-state index contributed by atoms with van der Waals surface area (Å²) in [6, 6.07) is 8.12. The van der Waals surface area contributed by atoms with Crippen LogP contribution in [0.2, 0.25) is 0 Å². The maximum Gasteiger partial charge on any atom is 0.228 e. The quantitative estimate of drug-likeness (QED) is 0.680. The lowest BCUT2D eigenvalue weighted by atomic mass is 10.1. The molecule has 1 atom stereocenters. The molecule has 0 spiro atoms. The topological polar surface area (TPSA) is 82.1 Å². The Morgan fingerprint density at radius 2 is 1.71 bits per heavy atom. The minimum atomic E-state index is -0.281. The van der Waals surface area contributed by atoms with Crippen molar-refractivity contribution in [1.82, 2.24) is 15.1 Å². The molecule has 1 aromatic carbocycles. The molecule has 0 N–H and O–H groups in total. The van der Waals surface area contributed by atoms with Gasteiger partial charge in [0.1, 0.15) is 0 Å². The summed E-state index contributed by atoms with van der Waals surface area (Å²) in [5.41, 5.74) is 4.26. The standard InChI is InChI=1S/C25H32N6O3/c1-18-3-4-21(13-19(18)2)31-17-20(14-24(31)32)25(33)30-7-5-28(6-8-30)22-15-23(27-26-16-22)29-9-11-34-12-10-29/h3-4,13,15-16,20H,5-12,14,17H2,1-2H3. The molecule has 3 aliphatic heterocycles. The molecule has 0 radical (unpaired) electrons. The van der Waals surface area contributed by atoms with E-state index in [2.05, 4.69) is 33.0 Å². The maximum atomic E-state index is 13.2. The Hall–Kier alpha value is -3.20. The zero-order valence-corrected chi connectivity index (χ0v) is 19.9. The number of nitrogens with zero attached hydrogens (tertiary/aromatic N) is 6. The van der Waals surface area contributed by atoms with E-state index in [1.54, 1.807) is 11.1 Å². The van der Waals surface area contributed by atoms with E-state index in [1.807, 2.05) is 30.0 Å². The van der Waals surface area contributed by atoms with Crippen molar-refractivity contribution in [1.29, 1.82) is 0 Å². The number of aromatic nitrogens is 2. The maximum absolute atomic E-state index is 13.2. The summed E-state index contributed by atoms with van der Waals surface area (Å²) in [6.45, 7) is 10.4. The van der Waals surface area contributed by atoms with Crippen LogP contribution in [0, 0.1) is 19.8 Å². The summed E-state index contributed by atoms with van der Waals surface area (Å²) in [5, 5.41) is 8.51. The fourth-order valence-electron chi connectivity index (χ4n) is 4.92. The molecule has 5 rings (SSSR count). The van der Waals surface area contributed by atoms with Crippen LogP contribution < -0.4 is 14.7 Å². The Kier molecular flexibility index (Phi) is 6.36. The number of rotatable bonds is 4. The molecule has 9 heteroatoms. The number of piperazine rings is 1. The van der Waals surface area contributed by atoms with E-state index in [0.717, 1.165) is 48.9 Å². The third-order valence-corrected chi connectivity index (χ3v) is 7.20. The van der Waals surface area contributed by atoms with E-state index >= 15 is 0 Å². The average Bonchev–Trinajstić information content (AvgIpc) is 3.27. The second-order valence-electron chi connectivity index (χ2n) is 9.36. The van der Waals surface area contributed by atoms with E-state index in [9.17, 15) is 9.59 Å². The van der Waals surface area contributed by atoms with Crippen molar-refractivity contribution >= 4 is 29.0 Å². The predicted octanol–water partition coefficient (Wildman–Crippen LogP) is 1.63. The molecule has 0 saturated carbocycles. The molecule has 3 fully saturated rings. The summed E-state index contributed by atoms with van der Waals surface area (Å²) < 4.78 is 5.43. The number of benzene rings is 1. The molecule has 4 heterocycles. The van der Waals surface area contributed by atoms with Crippen molar-refractivity contribution in [2.75, 3.05) is 73.7 Å². The highest BCUT2D eigenvalue weighted by atomic mass is 16.5. The van der Waals surface area contributed by atoms with Crippen LogP contribution in [0.25, 0.3) is 0 Å². The molecule has 3 saturated heterocycles. The van der Waals surface area contributed by atoms with Crippen molar-refractivity contribution < 1.29 is 14.3 Å². The number of carbonyl (C=O) groups excluding carboxylic acids is 2. The molecule has 34 heavy (non-hydrogen) atoms. The minimum Gasteiger partial charge on any atom is -0.378 e. The van der Waals surface area contributed by atoms with Crippen LogP contribution >= 0.6 is 0 Å². The van der Waals surface area contributed by atoms with Crippen LogP contribution in [0.3, 0.4) is 0 Å². The smallest absolute Gasteiger partial charge is 0.228 e. The summed E-state index contributed by atoms with van der Waals surface area (Å²) in [5.74, 6) is 0.700. The third kappa shape index (κ3) is 4.57. The van der Waals surface area contributed by atoms with Crippen LogP contribution in [0.1, 0.15) is 17.5 Å². The third-order valence-electron chi connectivity index (χ3n) is 7.20. The lowest BCUT2D eigenvalue weighted by Crippen LogP contribution is -2.50. The van der Waals surface area contributed by atoms with Crippen LogP contribution in [-0.2, 0) is 14.3 Å². The largest absolute Gasteiger partial charge is 0.378 e. The summed E-state index contributed by atoms with van der Waals surface area (Å²) in [4.78, 5) is 34.0. The molecule has 3 aliphatic rings. The van der Waals surface area contributed by atoms with Gasteiger partial charge in [-0.05, 0) is 37.1 Å². The lowest BCUT2D eigenvalue weighted by Gasteiger charge is -2.37. The fraction of sp³-hybridized carbons (Fsp3) is 0.520. The van der Waals surface area contributed by atoms with Gasteiger partial charge in [0.25, 0.3) is 0 Å². The number of hydrogen-bond donors (Lipinski definition) is 0. The highest BCUT2D eigenvalue weighted by Crippen LogP contribution is 2.28. The van der Waals surface area contributed by atoms with E-state index in [1.165, 1.54) is 5.56 Å². The second kappa shape index (κ2) is 9.58. The number of anilines is 3. The van der Waals surface area contributed by atoms with Gasteiger partial charge in [0.05, 0.1) is 31.0 Å². The number of morpholine rings is 1. The molecule has 2 amide bonds. The summed E-state index contributed by atoms with van der Waals surface area (Å²) >= 11 is 0. The first-order valence-corrected chi connectivity index (χ1v) is 12.1. The zero-order valence-electron chi connectivity index (χ0n) is 19.9. The molecule has 2 aromatic rings. The van der Waals surface area contributed by atoms with Crippen molar-refractivity contribution in [2.45, 2.75) is 20.3 Å². The Balaban J connectivity index is 1.18. The molecular weight excluding hydrogens is 432 g/mol. The van der Waals surface area contributed by atoms with Gasteiger partial charge in [-0.15, -0.1) is 5.10 Å². The molecule has 1 unspecified atom stereocenters. The Morgan fingerprint density at radius 3 is 2.44 bits per heavy atom. The molecule has 0 aliphatic carbocycles. The van der Waals surface area contributed by atoms with Gasteiger partial charge in [0.15, 0.2) is 5.82 Å². The fourth-order valence-corrected chi connectivity index (χ4v) is 4.92. The first-order valence-electron chi connectivity index (χ1n) is 12.1. The first-order chi connectivity index (χ1) is 16.5. The lowest BCUT2D eigenvalue weighted by molar-refractivity contribution is -0.136. The van der Waals surface area contributed by atoms with Gasteiger partial charge in [0, 0.05) is 64.0 Å².